The largest absolute Gasteiger partial charge is 0.484 e. The Kier molecular flexibility index (Phi) is 4.65. The number of carbonyl (C=O) groups excluding carboxylic acids is 2. The van der Waals surface area contributed by atoms with Gasteiger partial charge in [-0.1, -0.05) is 12.1 Å². The molecule has 1 amide bonds. The van der Waals surface area contributed by atoms with Crippen molar-refractivity contribution in [2.75, 3.05) is 11.9 Å². The van der Waals surface area contributed by atoms with Crippen molar-refractivity contribution in [3.8, 4) is 5.75 Å². The van der Waals surface area contributed by atoms with Gasteiger partial charge in [-0.15, -0.1) is 0 Å². The molecule has 0 spiro atoms. The molecular formula is C25H27NO3. The van der Waals surface area contributed by atoms with E-state index in [1.54, 1.807) is 24.3 Å². The van der Waals surface area contributed by atoms with E-state index in [2.05, 4.69) is 17.4 Å². The summed E-state index contributed by atoms with van der Waals surface area (Å²) in [5, 5.41) is 2.92. The Morgan fingerprint density at radius 1 is 0.931 bits per heavy atom. The number of aldehydes is 1. The molecule has 0 aliphatic heterocycles. The van der Waals surface area contributed by atoms with Crippen molar-refractivity contribution in [2.24, 2.45) is 17.8 Å². The van der Waals surface area contributed by atoms with Crippen LogP contribution in [0.3, 0.4) is 0 Å². The van der Waals surface area contributed by atoms with Crippen LogP contribution < -0.4 is 10.1 Å². The molecule has 0 heterocycles. The van der Waals surface area contributed by atoms with Gasteiger partial charge in [0.15, 0.2) is 6.61 Å². The van der Waals surface area contributed by atoms with Gasteiger partial charge in [-0.3, -0.25) is 9.59 Å². The van der Waals surface area contributed by atoms with E-state index in [0.717, 1.165) is 29.7 Å². The Morgan fingerprint density at radius 2 is 1.52 bits per heavy atom. The topological polar surface area (TPSA) is 55.4 Å². The Labute approximate surface area is 171 Å². The molecule has 4 nitrogen and oxygen atoms in total. The second kappa shape index (κ2) is 7.33. The molecule has 1 N–H and O–H groups in total. The molecule has 4 aliphatic rings. The van der Waals surface area contributed by atoms with Gasteiger partial charge in [0.25, 0.3) is 5.91 Å². The van der Waals surface area contributed by atoms with Gasteiger partial charge < -0.3 is 10.1 Å². The predicted octanol–water partition coefficient (Wildman–Crippen LogP) is 4.98. The highest BCUT2D eigenvalue weighted by atomic mass is 16.5. The van der Waals surface area contributed by atoms with Crippen LogP contribution in [0.4, 0.5) is 5.69 Å². The van der Waals surface area contributed by atoms with E-state index >= 15 is 0 Å². The van der Waals surface area contributed by atoms with Crippen molar-refractivity contribution in [1.29, 1.82) is 0 Å². The van der Waals surface area contributed by atoms with Gasteiger partial charge in [-0.25, -0.2) is 0 Å². The predicted molar refractivity (Wildman–Crippen MR) is 112 cm³/mol. The molecule has 4 aliphatic carbocycles. The van der Waals surface area contributed by atoms with Gasteiger partial charge >= 0.3 is 0 Å². The number of carbonyl (C=O) groups is 2. The van der Waals surface area contributed by atoms with Crippen LogP contribution in [-0.4, -0.2) is 18.8 Å². The van der Waals surface area contributed by atoms with Crippen LogP contribution in [0.2, 0.25) is 0 Å². The summed E-state index contributed by atoms with van der Waals surface area (Å²) in [6, 6.07) is 15.2. The molecule has 4 heteroatoms. The number of anilines is 1. The second-order valence-corrected chi connectivity index (χ2v) is 9.30. The minimum atomic E-state index is -0.188. The number of benzene rings is 2. The van der Waals surface area contributed by atoms with Gasteiger partial charge in [-0.05, 0) is 104 Å². The van der Waals surface area contributed by atoms with Crippen LogP contribution in [0.5, 0.6) is 5.75 Å². The minimum Gasteiger partial charge on any atom is -0.484 e. The fourth-order valence-electron chi connectivity index (χ4n) is 6.36. The number of hydrogen-bond acceptors (Lipinski definition) is 3. The summed E-state index contributed by atoms with van der Waals surface area (Å²) in [7, 11) is 0. The lowest BCUT2D eigenvalue weighted by molar-refractivity contribution is -0.118. The summed E-state index contributed by atoms with van der Waals surface area (Å²) in [5.41, 5.74) is 3.24. The lowest BCUT2D eigenvalue weighted by atomic mass is 9.48. The summed E-state index contributed by atoms with van der Waals surface area (Å²) in [5.74, 6) is 3.17. The lowest BCUT2D eigenvalue weighted by Crippen LogP contribution is -2.48. The monoisotopic (exact) mass is 389 g/mol. The van der Waals surface area contributed by atoms with E-state index in [9.17, 15) is 9.59 Å². The molecular weight excluding hydrogens is 362 g/mol. The third kappa shape index (κ3) is 3.68. The second-order valence-electron chi connectivity index (χ2n) is 9.30. The number of rotatable bonds is 6. The maximum absolute atomic E-state index is 12.2. The Hall–Kier alpha value is -2.62. The fraction of sp³-hybridized carbons (Fsp3) is 0.440. The highest BCUT2D eigenvalue weighted by Gasteiger charge is 2.51. The van der Waals surface area contributed by atoms with E-state index < -0.39 is 0 Å². The smallest absolute Gasteiger partial charge is 0.262 e. The third-order valence-corrected chi connectivity index (χ3v) is 7.21. The average Bonchev–Trinajstić information content (AvgIpc) is 2.72. The van der Waals surface area contributed by atoms with Crippen molar-refractivity contribution in [1.82, 2.24) is 0 Å². The highest BCUT2D eigenvalue weighted by molar-refractivity contribution is 5.91. The Balaban J connectivity index is 1.19. The van der Waals surface area contributed by atoms with E-state index in [1.807, 2.05) is 12.1 Å². The van der Waals surface area contributed by atoms with Crippen LogP contribution in [0.1, 0.15) is 54.4 Å². The van der Waals surface area contributed by atoms with Crippen LogP contribution in [0.25, 0.3) is 0 Å². The molecule has 4 fully saturated rings. The zero-order valence-corrected chi connectivity index (χ0v) is 16.6. The minimum absolute atomic E-state index is 0.0584. The summed E-state index contributed by atoms with van der Waals surface area (Å²) in [4.78, 5) is 22.9. The van der Waals surface area contributed by atoms with Gasteiger partial charge in [0.05, 0.1) is 0 Å². The van der Waals surface area contributed by atoms with E-state index in [0.29, 0.717) is 16.7 Å². The number of nitrogens with one attached hydrogen (secondary N) is 1. The zero-order chi connectivity index (χ0) is 19.8. The van der Waals surface area contributed by atoms with E-state index in [-0.39, 0.29) is 12.5 Å². The van der Waals surface area contributed by atoms with Crippen LogP contribution in [0.15, 0.2) is 48.5 Å². The molecule has 4 saturated carbocycles. The average molecular weight is 389 g/mol. The Bertz CT molecular complexity index is 865. The van der Waals surface area contributed by atoms with Crippen LogP contribution in [-0.2, 0) is 10.2 Å². The number of hydrogen-bond donors (Lipinski definition) is 1. The van der Waals surface area contributed by atoms with Gasteiger partial charge in [0.2, 0.25) is 0 Å². The number of amides is 1. The number of ether oxygens (including phenoxy) is 1. The summed E-state index contributed by atoms with van der Waals surface area (Å²) in [6.07, 6.45) is 9.18. The standard InChI is InChI=1S/C25H27NO3/c27-15-17-1-7-23(8-2-17)29-16-24(28)26-22-5-3-21(4-6-22)25-12-18-9-19(13-25)11-20(10-18)14-25/h1-8,15,18-20H,9-14,16H2,(H,26,28). The molecule has 4 bridgehead atoms. The van der Waals surface area contributed by atoms with Crippen LogP contribution in [0, 0.1) is 17.8 Å². The maximum Gasteiger partial charge on any atom is 0.262 e. The normalized spacial score (nSPS) is 29.4. The van der Waals surface area contributed by atoms with Crippen molar-refractivity contribution >= 4 is 17.9 Å². The quantitative estimate of drug-likeness (QED) is 0.709. The third-order valence-electron chi connectivity index (χ3n) is 7.21. The molecule has 2 aromatic rings. The Morgan fingerprint density at radius 3 is 2.07 bits per heavy atom. The van der Waals surface area contributed by atoms with Crippen molar-refractivity contribution in [2.45, 2.75) is 43.9 Å². The molecule has 0 radical (unpaired) electrons. The first-order valence-electron chi connectivity index (χ1n) is 10.7. The van der Waals surface area contributed by atoms with Crippen molar-refractivity contribution in [3.63, 3.8) is 0 Å². The molecule has 0 unspecified atom stereocenters. The zero-order valence-electron chi connectivity index (χ0n) is 16.6. The van der Waals surface area contributed by atoms with Crippen LogP contribution >= 0.6 is 0 Å². The molecule has 2 aromatic carbocycles. The van der Waals surface area contributed by atoms with Gasteiger partial charge in [0, 0.05) is 11.3 Å². The summed E-state index contributed by atoms with van der Waals surface area (Å²) < 4.78 is 5.50. The molecule has 0 saturated heterocycles. The summed E-state index contributed by atoms with van der Waals surface area (Å²) in [6.45, 7) is -0.0584. The SMILES string of the molecule is O=Cc1ccc(OCC(=O)Nc2ccc(C34CC5CC(CC(C5)C3)C4)cc2)cc1. The molecule has 29 heavy (non-hydrogen) atoms. The van der Waals surface area contributed by atoms with E-state index in [4.69, 9.17) is 4.74 Å². The first kappa shape index (κ1) is 18.4. The fourth-order valence-corrected chi connectivity index (χ4v) is 6.36. The lowest BCUT2D eigenvalue weighted by Gasteiger charge is -2.57. The summed E-state index contributed by atoms with van der Waals surface area (Å²) >= 11 is 0. The molecule has 0 aromatic heterocycles. The highest BCUT2D eigenvalue weighted by Crippen LogP contribution is 2.60. The molecule has 0 atom stereocenters. The first-order valence-corrected chi connectivity index (χ1v) is 10.7. The van der Waals surface area contributed by atoms with Crippen molar-refractivity contribution in [3.05, 3.63) is 59.7 Å². The van der Waals surface area contributed by atoms with E-state index in [1.165, 1.54) is 44.1 Å². The van der Waals surface area contributed by atoms with Crippen molar-refractivity contribution < 1.29 is 14.3 Å². The molecule has 6 rings (SSSR count). The maximum atomic E-state index is 12.2. The first-order chi connectivity index (χ1) is 14.1. The van der Waals surface area contributed by atoms with Gasteiger partial charge in [0.1, 0.15) is 12.0 Å². The van der Waals surface area contributed by atoms with Gasteiger partial charge in [-0.2, -0.15) is 0 Å². The molecule has 150 valence electrons.